The number of nitrogens with zero attached hydrogens (tertiary/aromatic N) is 1. The number of nitrogens with one attached hydrogen (secondary N) is 1. The van der Waals surface area contributed by atoms with Gasteiger partial charge in [0.1, 0.15) is 0 Å². The first-order valence-electron chi connectivity index (χ1n) is 7.76. The summed E-state index contributed by atoms with van der Waals surface area (Å²) in [5, 5.41) is 12.2. The summed E-state index contributed by atoms with van der Waals surface area (Å²) >= 11 is 0. The molecule has 0 aromatic heterocycles. The third-order valence-electron chi connectivity index (χ3n) is 4.94. The number of hydrogen-bond acceptors (Lipinski definition) is 3. The molecule has 0 aromatic rings. The van der Waals surface area contributed by atoms with Crippen LogP contribution in [0.3, 0.4) is 0 Å². The Labute approximate surface area is 132 Å². The fraction of sp³-hybridized carbons (Fsp3) is 0.867. The van der Waals surface area contributed by atoms with Gasteiger partial charge in [-0.2, -0.15) is 0 Å². The van der Waals surface area contributed by atoms with Crippen LogP contribution in [0.2, 0.25) is 0 Å². The van der Waals surface area contributed by atoms with Crippen LogP contribution in [0.25, 0.3) is 0 Å². The molecule has 1 amide bonds. The van der Waals surface area contributed by atoms with Crippen LogP contribution in [0, 0.1) is 11.8 Å². The van der Waals surface area contributed by atoms with Gasteiger partial charge in [0.05, 0.1) is 12.0 Å². The van der Waals surface area contributed by atoms with Gasteiger partial charge in [0.15, 0.2) is 0 Å². The lowest BCUT2D eigenvalue weighted by molar-refractivity contribution is -0.141. The predicted molar refractivity (Wildman–Crippen MR) is 83.6 cm³/mol. The molecule has 1 aliphatic heterocycles. The van der Waals surface area contributed by atoms with Crippen molar-refractivity contribution < 1.29 is 14.7 Å². The fourth-order valence-electron chi connectivity index (χ4n) is 3.34. The highest BCUT2D eigenvalue weighted by molar-refractivity contribution is 5.85. The van der Waals surface area contributed by atoms with E-state index in [0.717, 1.165) is 6.42 Å². The molecule has 0 bridgehead atoms. The molecule has 1 heterocycles. The van der Waals surface area contributed by atoms with Crippen molar-refractivity contribution in [2.24, 2.45) is 11.8 Å². The Bertz CT molecular complexity index is 378. The highest BCUT2D eigenvalue weighted by atomic mass is 35.5. The summed E-state index contributed by atoms with van der Waals surface area (Å²) in [6, 6.07) is 0.0602. The molecule has 0 radical (unpaired) electrons. The van der Waals surface area contributed by atoms with Crippen LogP contribution in [0.15, 0.2) is 0 Å². The Kier molecular flexibility index (Phi) is 6.94. The molecule has 1 saturated carbocycles. The molecule has 5 nitrogen and oxygen atoms in total. The number of rotatable bonds is 4. The van der Waals surface area contributed by atoms with Gasteiger partial charge in [0.2, 0.25) is 5.91 Å². The summed E-state index contributed by atoms with van der Waals surface area (Å²) < 4.78 is 0. The number of carbonyl (C=O) groups is 2. The lowest BCUT2D eigenvalue weighted by Crippen LogP contribution is -2.50. The zero-order valence-electron chi connectivity index (χ0n) is 12.9. The maximum atomic E-state index is 12.3. The van der Waals surface area contributed by atoms with Crippen molar-refractivity contribution in [2.45, 2.75) is 58.0 Å². The molecule has 0 spiro atoms. The quantitative estimate of drug-likeness (QED) is 0.830. The summed E-state index contributed by atoms with van der Waals surface area (Å²) in [5.74, 6) is -0.472. The summed E-state index contributed by atoms with van der Waals surface area (Å²) in [7, 11) is 0. The number of likely N-dealkylation sites (tertiary alicyclic amines) is 1. The van der Waals surface area contributed by atoms with Crippen LogP contribution in [0.1, 0.15) is 46.0 Å². The number of carbonyl (C=O) groups excluding carboxylic acids is 1. The lowest BCUT2D eigenvalue weighted by atomic mass is 9.86. The third kappa shape index (κ3) is 4.58. The molecule has 21 heavy (non-hydrogen) atoms. The molecule has 2 N–H and O–H groups in total. The monoisotopic (exact) mass is 318 g/mol. The number of halogens is 1. The average molecular weight is 319 g/mol. The highest BCUT2D eigenvalue weighted by Gasteiger charge is 2.34. The number of carboxylic acids is 1. The van der Waals surface area contributed by atoms with E-state index in [1.54, 1.807) is 0 Å². The maximum Gasteiger partial charge on any atom is 0.307 e. The van der Waals surface area contributed by atoms with E-state index in [9.17, 15) is 9.59 Å². The first-order chi connectivity index (χ1) is 9.49. The molecule has 1 saturated heterocycles. The topological polar surface area (TPSA) is 69.6 Å². The van der Waals surface area contributed by atoms with Gasteiger partial charge in [-0.25, -0.2) is 0 Å². The molecule has 4 atom stereocenters. The SMILES string of the molecule is CC1CCCCC1NC(=O)C(C)N1CCC(C(=O)O)C1.Cl. The third-order valence-corrected chi connectivity index (χ3v) is 4.94. The molecule has 6 heteroatoms. The summed E-state index contributed by atoms with van der Waals surface area (Å²) in [6.45, 7) is 5.27. The van der Waals surface area contributed by atoms with Gasteiger partial charge in [0.25, 0.3) is 0 Å². The second-order valence-corrected chi connectivity index (χ2v) is 6.37. The van der Waals surface area contributed by atoms with Crippen molar-refractivity contribution in [2.75, 3.05) is 13.1 Å². The van der Waals surface area contributed by atoms with Crippen molar-refractivity contribution in [3.63, 3.8) is 0 Å². The van der Waals surface area contributed by atoms with E-state index in [2.05, 4.69) is 12.2 Å². The van der Waals surface area contributed by atoms with Crippen molar-refractivity contribution in [3.05, 3.63) is 0 Å². The van der Waals surface area contributed by atoms with Crippen molar-refractivity contribution in [1.82, 2.24) is 10.2 Å². The maximum absolute atomic E-state index is 12.3. The molecular weight excluding hydrogens is 292 g/mol. The second kappa shape index (κ2) is 7.99. The number of carboxylic acid groups (broad SMARTS) is 1. The Balaban J connectivity index is 0.00000220. The van der Waals surface area contributed by atoms with Crippen molar-refractivity contribution in [3.8, 4) is 0 Å². The van der Waals surface area contributed by atoms with E-state index >= 15 is 0 Å². The van der Waals surface area contributed by atoms with Gasteiger partial charge in [-0.15, -0.1) is 12.4 Å². The zero-order valence-corrected chi connectivity index (χ0v) is 13.7. The summed E-state index contributed by atoms with van der Waals surface area (Å²) in [5.41, 5.74) is 0. The number of amides is 1. The minimum Gasteiger partial charge on any atom is -0.481 e. The van der Waals surface area contributed by atoms with E-state index in [4.69, 9.17) is 5.11 Å². The largest absolute Gasteiger partial charge is 0.481 e. The summed E-state index contributed by atoms with van der Waals surface area (Å²) in [6.07, 6.45) is 5.35. The van der Waals surface area contributed by atoms with E-state index in [1.165, 1.54) is 19.3 Å². The number of aliphatic carboxylic acids is 1. The average Bonchev–Trinajstić information content (AvgIpc) is 2.90. The summed E-state index contributed by atoms with van der Waals surface area (Å²) in [4.78, 5) is 25.3. The molecular formula is C15H27ClN2O3. The standard InChI is InChI=1S/C15H26N2O3.ClH/c1-10-5-3-4-6-13(10)16-14(18)11(2)17-8-7-12(9-17)15(19)20;/h10-13H,3-9H2,1-2H3,(H,16,18)(H,19,20);1H. The van der Waals surface area contributed by atoms with E-state index in [-0.39, 0.29) is 36.3 Å². The van der Waals surface area contributed by atoms with Gasteiger partial charge in [-0.05, 0) is 38.6 Å². The van der Waals surface area contributed by atoms with Gasteiger partial charge in [-0.3, -0.25) is 14.5 Å². The van der Waals surface area contributed by atoms with E-state index < -0.39 is 5.97 Å². The van der Waals surface area contributed by atoms with Crippen LogP contribution >= 0.6 is 12.4 Å². The van der Waals surface area contributed by atoms with E-state index in [1.807, 2.05) is 11.8 Å². The molecule has 122 valence electrons. The van der Waals surface area contributed by atoms with Crippen LogP contribution in [-0.2, 0) is 9.59 Å². The van der Waals surface area contributed by atoms with Gasteiger partial charge in [0, 0.05) is 12.6 Å². The molecule has 4 unspecified atom stereocenters. The van der Waals surface area contributed by atoms with Crippen molar-refractivity contribution >= 4 is 24.3 Å². The Hall–Kier alpha value is -0.810. The van der Waals surface area contributed by atoms with Crippen LogP contribution in [-0.4, -0.2) is 47.1 Å². The fourth-order valence-corrected chi connectivity index (χ4v) is 3.34. The highest BCUT2D eigenvalue weighted by Crippen LogP contribution is 2.24. The Morgan fingerprint density at radius 1 is 1.24 bits per heavy atom. The lowest BCUT2D eigenvalue weighted by Gasteiger charge is -2.32. The molecule has 2 aliphatic rings. The Morgan fingerprint density at radius 2 is 1.90 bits per heavy atom. The van der Waals surface area contributed by atoms with Gasteiger partial charge >= 0.3 is 5.97 Å². The first kappa shape index (κ1) is 18.2. The smallest absolute Gasteiger partial charge is 0.307 e. The van der Waals surface area contributed by atoms with Gasteiger partial charge in [-0.1, -0.05) is 19.8 Å². The van der Waals surface area contributed by atoms with E-state index in [0.29, 0.717) is 25.4 Å². The van der Waals surface area contributed by atoms with Crippen LogP contribution in [0.4, 0.5) is 0 Å². The first-order valence-corrected chi connectivity index (χ1v) is 7.76. The molecule has 2 rings (SSSR count). The normalized spacial score (nSPS) is 31.2. The molecule has 2 fully saturated rings. The number of hydrogen-bond donors (Lipinski definition) is 2. The Morgan fingerprint density at radius 3 is 2.48 bits per heavy atom. The van der Waals surface area contributed by atoms with Crippen molar-refractivity contribution in [1.29, 1.82) is 0 Å². The zero-order chi connectivity index (χ0) is 14.7. The minimum atomic E-state index is -0.749. The molecule has 0 aromatic carbocycles. The predicted octanol–water partition coefficient (Wildman–Crippen LogP) is 1.90. The molecule has 1 aliphatic carbocycles. The van der Waals surface area contributed by atoms with Gasteiger partial charge < -0.3 is 10.4 Å². The minimum absolute atomic E-state index is 0. The van der Waals surface area contributed by atoms with Crippen LogP contribution < -0.4 is 5.32 Å². The van der Waals surface area contributed by atoms with Crippen LogP contribution in [0.5, 0.6) is 0 Å². The second-order valence-electron chi connectivity index (χ2n) is 6.37.